The van der Waals surface area contributed by atoms with E-state index in [1.54, 1.807) is 23.1 Å². The number of anilines is 1. The van der Waals surface area contributed by atoms with E-state index in [0.717, 1.165) is 43.0 Å². The fourth-order valence-electron chi connectivity index (χ4n) is 5.85. The first-order valence-electron chi connectivity index (χ1n) is 15.6. The molecular weight excluding hydrogens is 556 g/mol. The van der Waals surface area contributed by atoms with Crippen LogP contribution in [0.5, 0.6) is 17.2 Å². The number of benzene rings is 3. The third-order valence-electron chi connectivity index (χ3n) is 8.51. The van der Waals surface area contributed by atoms with Gasteiger partial charge in [0.2, 0.25) is 5.91 Å². The van der Waals surface area contributed by atoms with Gasteiger partial charge in [0.25, 0.3) is 5.91 Å². The van der Waals surface area contributed by atoms with Crippen LogP contribution in [0, 0.1) is 11.8 Å². The third-order valence-corrected chi connectivity index (χ3v) is 8.51. The average molecular weight is 601 g/mol. The number of para-hydroxylation sites is 2. The quantitative estimate of drug-likeness (QED) is 0.308. The molecule has 1 saturated heterocycles. The number of rotatable bonds is 10. The number of likely N-dealkylation sites (N-methyl/N-ethyl adjacent to an activating group) is 1. The fraction of sp³-hybridized carbons (Fsp3) is 0.429. The fourth-order valence-corrected chi connectivity index (χ4v) is 5.85. The zero-order chi connectivity index (χ0) is 31.1. The highest BCUT2D eigenvalue weighted by molar-refractivity contribution is 6.02. The normalized spacial score (nSPS) is 19.8. The number of hydrogen-bond donors (Lipinski definition) is 3. The number of ether oxygens (including phenoxy) is 2. The Morgan fingerprint density at radius 2 is 1.77 bits per heavy atom. The largest absolute Gasteiger partial charge is 0.486 e. The van der Waals surface area contributed by atoms with E-state index in [1.807, 2.05) is 56.4 Å². The second-order valence-corrected chi connectivity index (χ2v) is 12.1. The van der Waals surface area contributed by atoms with Gasteiger partial charge in [0.1, 0.15) is 17.6 Å². The number of fused-ring (bicyclic) bond motifs is 1. The minimum atomic E-state index is -0.362. The summed E-state index contributed by atoms with van der Waals surface area (Å²) in [5.41, 5.74) is 2.03. The van der Waals surface area contributed by atoms with E-state index in [9.17, 15) is 14.7 Å². The Kier molecular flexibility index (Phi) is 10.5. The standard InChI is InChI=1S/C35H44N4O5/c1-24-20-39(25(2)23-40)35(42)30-10-7-11-31(37-34(41)27-16-18-36-19-17-27)33(30)44-32(24)22-38(3)21-26-12-14-29(15-13-26)43-28-8-5-4-6-9-28/h4-15,24-25,27,32,36,40H,16-23H2,1-3H3,(H,37,41)/t24-,25+,32+/m0/s1. The minimum absolute atomic E-state index is 0.0432. The van der Waals surface area contributed by atoms with E-state index < -0.39 is 0 Å². The summed E-state index contributed by atoms with van der Waals surface area (Å²) in [5.74, 6) is 1.56. The molecular formula is C35H44N4O5. The van der Waals surface area contributed by atoms with Gasteiger partial charge in [-0.25, -0.2) is 0 Å². The summed E-state index contributed by atoms with van der Waals surface area (Å²) >= 11 is 0. The van der Waals surface area contributed by atoms with Gasteiger partial charge in [-0.15, -0.1) is 0 Å². The molecule has 2 aliphatic rings. The Hall–Kier alpha value is -3.92. The summed E-state index contributed by atoms with van der Waals surface area (Å²) in [6.07, 6.45) is 1.26. The molecule has 0 aromatic heterocycles. The number of piperidine rings is 1. The first-order valence-corrected chi connectivity index (χ1v) is 15.6. The smallest absolute Gasteiger partial charge is 0.258 e. The SMILES string of the molecule is C[C@H](CO)N1C[C@H](C)[C@@H](CN(C)Cc2ccc(Oc3ccccc3)cc2)Oc2c(NC(=O)C3CCNCC3)cccc2C1=O. The topological polar surface area (TPSA) is 103 Å². The summed E-state index contributed by atoms with van der Waals surface area (Å²) < 4.78 is 12.6. The zero-order valence-corrected chi connectivity index (χ0v) is 25.9. The van der Waals surface area contributed by atoms with Gasteiger partial charge >= 0.3 is 0 Å². The number of hydrogen-bond acceptors (Lipinski definition) is 7. The lowest BCUT2D eigenvalue weighted by atomic mass is 9.96. The van der Waals surface area contributed by atoms with E-state index in [0.29, 0.717) is 36.6 Å². The van der Waals surface area contributed by atoms with Gasteiger partial charge in [0.05, 0.1) is 23.9 Å². The van der Waals surface area contributed by atoms with Gasteiger partial charge in [-0.1, -0.05) is 43.3 Å². The maximum Gasteiger partial charge on any atom is 0.258 e. The van der Waals surface area contributed by atoms with Crippen LogP contribution in [-0.4, -0.2) is 78.7 Å². The summed E-state index contributed by atoms with van der Waals surface area (Å²) in [4.78, 5) is 30.9. The molecule has 3 aromatic carbocycles. The molecule has 9 heteroatoms. The molecule has 0 unspecified atom stereocenters. The predicted octanol–water partition coefficient (Wildman–Crippen LogP) is 4.77. The number of nitrogens with zero attached hydrogens (tertiary/aromatic N) is 2. The van der Waals surface area contributed by atoms with Crippen molar-refractivity contribution in [1.29, 1.82) is 0 Å². The molecule has 1 fully saturated rings. The number of carbonyl (C=O) groups excluding carboxylic acids is 2. The Labute approximate surface area is 260 Å². The van der Waals surface area contributed by atoms with E-state index in [-0.39, 0.29) is 42.4 Å². The van der Waals surface area contributed by atoms with Crippen molar-refractivity contribution in [1.82, 2.24) is 15.1 Å². The van der Waals surface area contributed by atoms with Crippen molar-refractivity contribution < 1.29 is 24.2 Å². The van der Waals surface area contributed by atoms with Crippen molar-refractivity contribution in [2.45, 2.75) is 45.4 Å². The van der Waals surface area contributed by atoms with Crippen molar-refractivity contribution in [2.24, 2.45) is 11.8 Å². The van der Waals surface area contributed by atoms with E-state index >= 15 is 0 Å². The summed E-state index contributed by atoms with van der Waals surface area (Å²) in [5, 5.41) is 16.4. The van der Waals surface area contributed by atoms with Crippen LogP contribution in [-0.2, 0) is 11.3 Å². The van der Waals surface area contributed by atoms with Crippen molar-refractivity contribution in [2.75, 3.05) is 45.2 Å². The van der Waals surface area contributed by atoms with Gasteiger partial charge < -0.3 is 30.1 Å². The Morgan fingerprint density at radius 3 is 2.48 bits per heavy atom. The summed E-state index contributed by atoms with van der Waals surface area (Å²) in [7, 11) is 2.05. The van der Waals surface area contributed by atoms with Crippen LogP contribution in [0.15, 0.2) is 72.8 Å². The molecule has 0 bridgehead atoms. The maximum atomic E-state index is 13.8. The van der Waals surface area contributed by atoms with Crippen molar-refractivity contribution in [3.63, 3.8) is 0 Å². The van der Waals surface area contributed by atoms with E-state index in [2.05, 4.69) is 34.6 Å². The molecule has 0 spiro atoms. The third kappa shape index (κ3) is 7.77. The van der Waals surface area contributed by atoms with Crippen LogP contribution in [0.2, 0.25) is 0 Å². The van der Waals surface area contributed by atoms with Gasteiger partial charge in [-0.2, -0.15) is 0 Å². The second kappa shape index (κ2) is 14.7. The van der Waals surface area contributed by atoms with Crippen LogP contribution in [0.25, 0.3) is 0 Å². The number of nitrogens with one attached hydrogen (secondary N) is 2. The number of carbonyl (C=O) groups is 2. The molecule has 9 nitrogen and oxygen atoms in total. The lowest BCUT2D eigenvalue weighted by Crippen LogP contribution is -2.49. The van der Waals surface area contributed by atoms with Crippen molar-refractivity contribution in [3.05, 3.63) is 83.9 Å². The molecule has 0 radical (unpaired) electrons. The molecule has 2 heterocycles. The molecule has 3 atom stereocenters. The van der Waals surface area contributed by atoms with Crippen LogP contribution in [0.3, 0.4) is 0 Å². The van der Waals surface area contributed by atoms with E-state index in [4.69, 9.17) is 9.47 Å². The predicted molar refractivity (Wildman–Crippen MR) is 171 cm³/mol. The van der Waals surface area contributed by atoms with Gasteiger partial charge in [-0.3, -0.25) is 14.5 Å². The van der Waals surface area contributed by atoms with Gasteiger partial charge in [0, 0.05) is 31.5 Å². The highest BCUT2D eigenvalue weighted by Crippen LogP contribution is 2.35. The number of aliphatic hydroxyl groups excluding tert-OH is 1. The number of amides is 2. The Bertz CT molecular complexity index is 1390. The van der Waals surface area contributed by atoms with E-state index in [1.165, 1.54) is 0 Å². The zero-order valence-electron chi connectivity index (χ0n) is 25.9. The monoisotopic (exact) mass is 600 g/mol. The summed E-state index contributed by atoms with van der Waals surface area (Å²) in [6, 6.07) is 22.7. The van der Waals surface area contributed by atoms with Gasteiger partial charge in [0.15, 0.2) is 5.75 Å². The number of aliphatic hydroxyl groups is 1. The van der Waals surface area contributed by atoms with Crippen LogP contribution in [0.1, 0.15) is 42.6 Å². The van der Waals surface area contributed by atoms with Crippen LogP contribution < -0.4 is 20.1 Å². The molecule has 0 aliphatic carbocycles. The molecule has 0 saturated carbocycles. The highest BCUT2D eigenvalue weighted by Gasteiger charge is 2.35. The van der Waals surface area contributed by atoms with Crippen molar-refractivity contribution >= 4 is 17.5 Å². The lowest BCUT2D eigenvalue weighted by molar-refractivity contribution is -0.120. The highest BCUT2D eigenvalue weighted by atomic mass is 16.5. The van der Waals surface area contributed by atoms with Crippen molar-refractivity contribution in [3.8, 4) is 17.2 Å². The molecule has 3 N–H and O–H groups in total. The lowest BCUT2D eigenvalue weighted by Gasteiger charge is -2.38. The second-order valence-electron chi connectivity index (χ2n) is 12.1. The van der Waals surface area contributed by atoms with Crippen LogP contribution >= 0.6 is 0 Å². The first kappa shape index (κ1) is 31.5. The first-order chi connectivity index (χ1) is 21.3. The molecule has 3 aromatic rings. The molecule has 2 amide bonds. The average Bonchev–Trinajstić information content (AvgIpc) is 3.04. The molecule has 234 valence electrons. The van der Waals surface area contributed by atoms with Gasteiger partial charge in [-0.05, 0) is 81.9 Å². The molecule has 2 aliphatic heterocycles. The molecule has 5 rings (SSSR count). The summed E-state index contributed by atoms with van der Waals surface area (Å²) in [6.45, 7) is 7.11. The molecule has 44 heavy (non-hydrogen) atoms. The maximum absolute atomic E-state index is 13.8. The van der Waals surface area contributed by atoms with Crippen LogP contribution in [0.4, 0.5) is 5.69 Å². The minimum Gasteiger partial charge on any atom is -0.486 e. The Morgan fingerprint density at radius 1 is 1.07 bits per heavy atom. The Balaban J connectivity index is 1.34.